The van der Waals surface area contributed by atoms with Crippen LogP contribution < -0.4 is 0 Å². The summed E-state index contributed by atoms with van der Waals surface area (Å²) in [6.07, 6.45) is 3.22. The predicted octanol–water partition coefficient (Wildman–Crippen LogP) is 5.82. The SMILES string of the molecule is C=C(C)c1cnc2c(c1)cc(CCCO)n2-c1ccc(C(=O)OC)cc1.CC.CC. The van der Waals surface area contributed by atoms with Crippen molar-refractivity contribution in [1.29, 1.82) is 0 Å². The molecular formula is C25H34N2O3. The van der Waals surface area contributed by atoms with Crippen LogP contribution in [-0.2, 0) is 11.2 Å². The lowest BCUT2D eigenvalue weighted by Crippen LogP contribution is -2.04. The molecule has 0 unspecified atom stereocenters. The first-order chi connectivity index (χ1) is 14.5. The van der Waals surface area contributed by atoms with Gasteiger partial charge in [-0.25, -0.2) is 9.78 Å². The van der Waals surface area contributed by atoms with E-state index in [1.54, 1.807) is 12.1 Å². The zero-order valence-electron chi connectivity index (χ0n) is 19.0. The molecule has 3 rings (SSSR count). The van der Waals surface area contributed by atoms with Crippen molar-refractivity contribution in [2.24, 2.45) is 0 Å². The van der Waals surface area contributed by atoms with Crippen LogP contribution in [0.3, 0.4) is 0 Å². The van der Waals surface area contributed by atoms with Crippen LogP contribution in [0.4, 0.5) is 0 Å². The summed E-state index contributed by atoms with van der Waals surface area (Å²) in [5, 5.41) is 10.2. The maximum atomic E-state index is 11.7. The van der Waals surface area contributed by atoms with Gasteiger partial charge in [-0.15, -0.1) is 0 Å². The summed E-state index contributed by atoms with van der Waals surface area (Å²) in [4.78, 5) is 16.3. The molecule has 162 valence electrons. The minimum atomic E-state index is -0.362. The number of aliphatic hydroxyl groups is 1. The van der Waals surface area contributed by atoms with E-state index in [4.69, 9.17) is 4.74 Å². The molecule has 0 aliphatic heterocycles. The number of pyridine rings is 1. The maximum Gasteiger partial charge on any atom is 0.337 e. The average Bonchev–Trinajstić information content (AvgIpc) is 3.17. The number of methoxy groups -OCH3 is 1. The fourth-order valence-electron chi connectivity index (χ4n) is 2.98. The molecule has 3 aromatic rings. The standard InChI is InChI=1S/C21H22N2O3.2C2H6/c1-14(2)17-11-16-12-19(5-4-10-24)23(20(16)22-13-17)18-8-6-15(7-9-18)21(25)26-3;2*1-2/h6-9,11-13,24H,1,4-5,10H2,2-3H3;2*1-2H3. The number of carbonyl (C=O) groups is 1. The van der Waals surface area contributed by atoms with Crippen molar-refractivity contribution in [2.45, 2.75) is 47.5 Å². The second kappa shape index (κ2) is 12.6. The number of hydrogen-bond donors (Lipinski definition) is 1. The van der Waals surface area contributed by atoms with E-state index in [0.717, 1.165) is 40.0 Å². The largest absolute Gasteiger partial charge is 0.465 e. The van der Waals surface area contributed by atoms with Crippen molar-refractivity contribution >= 4 is 22.6 Å². The van der Waals surface area contributed by atoms with Gasteiger partial charge in [0.1, 0.15) is 5.65 Å². The second-order valence-corrected chi connectivity index (χ2v) is 6.25. The van der Waals surface area contributed by atoms with Gasteiger partial charge < -0.3 is 9.84 Å². The second-order valence-electron chi connectivity index (χ2n) is 6.25. The molecule has 1 aromatic carbocycles. The van der Waals surface area contributed by atoms with Crippen molar-refractivity contribution in [3.05, 3.63) is 66.0 Å². The Morgan fingerprint density at radius 2 is 1.73 bits per heavy atom. The number of allylic oxidation sites excluding steroid dienone is 1. The number of nitrogens with zero attached hydrogens (tertiary/aromatic N) is 2. The Morgan fingerprint density at radius 3 is 2.27 bits per heavy atom. The minimum Gasteiger partial charge on any atom is -0.465 e. The first-order valence-electron chi connectivity index (χ1n) is 10.5. The molecule has 0 saturated carbocycles. The van der Waals surface area contributed by atoms with E-state index in [0.29, 0.717) is 12.0 Å². The number of aromatic nitrogens is 2. The van der Waals surface area contributed by atoms with Crippen molar-refractivity contribution in [2.75, 3.05) is 13.7 Å². The van der Waals surface area contributed by atoms with E-state index in [9.17, 15) is 9.90 Å². The van der Waals surface area contributed by atoms with E-state index in [2.05, 4.69) is 28.3 Å². The molecule has 0 aliphatic rings. The number of aryl methyl sites for hydroxylation is 1. The van der Waals surface area contributed by atoms with Gasteiger partial charge in [-0.2, -0.15) is 0 Å². The van der Waals surface area contributed by atoms with Crippen LogP contribution in [-0.4, -0.2) is 34.3 Å². The van der Waals surface area contributed by atoms with Gasteiger partial charge in [-0.1, -0.05) is 34.3 Å². The quantitative estimate of drug-likeness (QED) is 0.520. The van der Waals surface area contributed by atoms with Gasteiger partial charge in [-0.3, -0.25) is 4.57 Å². The van der Waals surface area contributed by atoms with Crippen LogP contribution in [0.2, 0.25) is 0 Å². The van der Waals surface area contributed by atoms with E-state index in [1.807, 2.05) is 52.9 Å². The highest BCUT2D eigenvalue weighted by Gasteiger charge is 2.13. The normalized spacial score (nSPS) is 9.83. The van der Waals surface area contributed by atoms with Gasteiger partial charge in [0, 0.05) is 29.6 Å². The molecule has 0 fully saturated rings. The molecule has 5 heteroatoms. The molecule has 0 radical (unpaired) electrons. The number of carbonyl (C=O) groups excluding carboxylic acids is 1. The van der Waals surface area contributed by atoms with E-state index in [1.165, 1.54) is 7.11 Å². The lowest BCUT2D eigenvalue weighted by molar-refractivity contribution is 0.0600. The highest BCUT2D eigenvalue weighted by Crippen LogP contribution is 2.26. The maximum absolute atomic E-state index is 11.7. The van der Waals surface area contributed by atoms with Crippen LogP contribution in [0, 0.1) is 0 Å². The molecule has 2 aromatic heterocycles. The van der Waals surface area contributed by atoms with Crippen molar-refractivity contribution < 1.29 is 14.6 Å². The Balaban J connectivity index is 0.00000106. The van der Waals surface area contributed by atoms with Crippen molar-refractivity contribution in [3.63, 3.8) is 0 Å². The third-order valence-electron chi connectivity index (χ3n) is 4.35. The number of benzene rings is 1. The van der Waals surface area contributed by atoms with Crippen LogP contribution in [0.15, 0.2) is 49.2 Å². The Bertz CT molecular complexity index is 956. The number of rotatable bonds is 6. The van der Waals surface area contributed by atoms with Crippen molar-refractivity contribution in [1.82, 2.24) is 9.55 Å². The van der Waals surface area contributed by atoms with Crippen LogP contribution in [0.1, 0.15) is 62.7 Å². The zero-order valence-corrected chi connectivity index (χ0v) is 19.0. The fraction of sp³-hybridized carbons (Fsp3) is 0.360. The van der Waals surface area contributed by atoms with Crippen molar-refractivity contribution in [3.8, 4) is 5.69 Å². The monoisotopic (exact) mass is 410 g/mol. The number of ether oxygens (including phenoxy) is 1. The first-order valence-corrected chi connectivity index (χ1v) is 10.5. The molecular weight excluding hydrogens is 376 g/mol. The Hall–Kier alpha value is -2.92. The molecule has 0 bridgehead atoms. The number of esters is 1. The number of hydrogen-bond acceptors (Lipinski definition) is 4. The summed E-state index contributed by atoms with van der Waals surface area (Å²) in [7, 11) is 1.37. The van der Waals surface area contributed by atoms with E-state index in [-0.39, 0.29) is 12.6 Å². The van der Waals surface area contributed by atoms with Gasteiger partial charge in [-0.05, 0) is 67.3 Å². The third-order valence-corrected chi connectivity index (χ3v) is 4.35. The summed E-state index contributed by atoms with van der Waals surface area (Å²) in [5.41, 5.74) is 5.29. The molecule has 2 heterocycles. The van der Waals surface area contributed by atoms with Gasteiger partial charge in [0.15, 0.2) is 0 Å². The molecule has 0 saturated heterocycles. The van der Waals surface area contributed by atoms with Gasteiger partial charge in [0.05, 0.1) is 12.7 Å². The summed E-state index contributed by atoms with van der Waals surface area (Å²) < 4.78 is 6.82. The predicted molar refractivity (Wildman–Crippen MR) is 125 cm³/mol. The molecule has 0 aliphatic carbocycles. The fourth-order valence-corrected chi connectivity index (χ4v) is 2.98. The van der Waals surface area contributed by atoms with Gasteiger partial charge in [0.2, 0.25) is 0 Å². The molecule has 5 nitrogen and oxygen atoms in total. The summed E-state index contributed by atoms with van der Waals surface area (Å²) in [6, 6.07) is 11.4. The number of aliphatic hydroxyl groups excluding tert-OH is 1. The molecule has 0 spiro atoms. The third kappa shape index (κ3) is 5.80. The lowest BCUT2D eigenvalue weighted by atomic mass is 10.1. The smallest absolute Gasteiger partial charge is 0.337 e. The van der Waals surface area contributed by atoms with Gasteiger partial charge in [0.25, 0.3) is 0 Å². The molecule has 0 amide bonds. The van der Waals surface area contributed by atoms with Crippen LogP contribution >= 0.6 is 0 Å². The molecule has 1 N–H and O–H groups in total. The van der Waals surface area contributed by atoms with Crippen LogP contribution in [0.25, 0.3) is 22.3 Å². The van der Waals surface area contributed by atoms with Crippen LogP contribution in [0.5, 0.6) is 0 Å². The number of fused-ring (bicyclic) bond motifs is 1. The molecule has 0 atom stereocenters. The minimum absolute atomic E-state index is 0.132. The lowest BCUT2D eigenvalue weighted by Gasteiger charge is -2.11. The Kier molecular flexibility index (Phi) is 10.6. The molecule has 30 heavy (non-hydrogen) atoms. The van der Waals surface area contributed by atoms with E-state index < -0.39 is 0 Å². The zero-order chi connectivity index (χ0) is 22.7. The first kappa shape index (κ1) is 25.1. The summed E-state index contributed by atoms with van der Waals surface area (Å²) in [5.74, 6) is -0.362. The highest BCUT2D eigenvalue weighted by atomic mass is 16.5. The summed E-state index contributed by atoms with van der Waals surface area (Å²) >= 11 is 0. The van der Waals surface area contributed by atoms with Gasteiger partial charge >= 0.3 is 5.97 Å². The average molecular weight is 411 g/mol. The topological polar surface area (TPSA) is 64.4 Å². The van der Waals surface area contributed by atoms with E-state index >= 15 is 0 Å². The summed E-state index contributed by atoms with van der Waals surface area (Å²) in [6.45, 7) is 14.1. The highest BCUT2D eigenvalue weighted by molar-refractivity contribution is 5.89. The Labute approximate surface area is 180 Å². The Morgan fingerprint density at radius 1 is 1.10 bits per heavy atom.